The molecule has 6 nitrogen and oxygen atoms in total. The molecule has 1 aliphatic heterocycles. The summed E-state index contributed by atoms with van der Waals surface area (Å²) < 4.78 is 5.80. The molecule has 0 unspecified atom stereocenters. The van der Waals surface area contributed by atoms with Gasteiger partial charge in [0.25, 0.3) is 5.91 Å². The molecule has 2 aromatic heterocycles. The molecule has 7 heteroatoms. The molecule has 0 aromatic carbocycles. The summed E-state index contributed by atoms with van der Waals surface area (Å²) in [5, 5.41) is 5.07. The summed E-state index contributed by atoms with van der Waals surface area (Å²) in [6.07, 6.45) is 5.15. The summed E-state index contributed by atoms with van der Waals surface area (Å²) in [5.41, 5.74) is 2.11. The molecule has 3 atom stereocenters. The number of thiophene rings is 1. The Morgan fingerprint density at radius 1 is 1.35 bits per heavy atom. The van der Waals surface area contributed by atoms with Crippen molar-refractivity contribution in [2.45, 2.75) is 51.4 Å². The van der Waals surface area contributed by atoms with E-state index in [1.54, 1.807) is 0 Å². The fraction of sp³-hybridized carbons (Fsp3) is 0.526. The molecule has 1 saturated heterocycles. The molecule has 0 spiro atoms. The smallest absolute Gasteiger partial charge is 0.261 e. The molecule has 3 heterocycles. The molecule has 2 aliphatic rings. The molecule has 0 bridgehead atoms. The number of aryl methyl sites for hydroxylation is 1. The number of aromatic nitrogens is 2. The maximum atomic E-state index is 12.4. The minimum absolute atomic E-state index is 0.00932. The van der Waals surface area contributed by atoms with Gasteiger partial charge in [-0.3, -0.25) is 4.79 Å². The van der Waals surface area contributed by atoms with Crippen LogP contribution in [0.15, 0.2) is 23.7 Å². The molecule has 2 aromatic rings. The molecular weight excluding hydrogens is 348 g/mol. The number of anilines is 1. The number of carbonyl (C=O) groups excluding carboxylic acids is 1. The van der Waals surface area contributed by atoms with Crippen molar-refractivity contribution in [3.05, 3.63) is 39.8 Å². The normalized spacial score (nSPS) is 25.6. The maximum absolute atomic E-state index is 12.4. The van der Waals surface area contributed by atoms with E-state index in [1.165, 1.54) is 11.3 Å². The zero-order chi connectivity index (χ0) is 18.1. The first-order chi connectivity index (χ1) is 12.6. The van der Waals surface area contributed by atoms with E-state index < -0.39 is 0 Å². The molecular formula is C19H24N4O2S. The van der Waals surface area contributed by atoms with Crippen molar-refractivity contribution in [3.8, 4) is 0 Å². The maximum Gasteiger partial charge on any atom is 0.261 e. The summed E-state index contributed by atoms with van der Waals surface area (Å²) in [7, 11) is 0. The van der Waals surface area contributed by atoms with Crippen molar-refractivity contribution in [2.24, 2.45) is 0 Å². The molecule has 1 fully saturated rings. The van der Waals surface area contributed by atoms with Gasteiger partial charge in [-0.15, -0.1) is 11.3 Å². The van der Waals surface area contributed by atoms with Gasteiger partial charge in [0.05, 0.1) is 28.8 Å². The average Bonchev–Trinajstić information content (AvgIpc) is 3.15. The Morgan fingerprint density at radius 3 is 2.88 bits per heavy atom. The van der Waals surface area contributed by atoms with E-state index in [2.05, 4.69) is 29.0 Å². The van der Waals surface area contributed by atoms with E-state index in [0.29, 0.717) is 0 Å². The second kappa shape index (κ2) is 7.32. The molecule has 0 radical (unpaired) electrons. The standard InChI is InChI=1S/C19H24N4O2S/c1-12-10-23(11-13(2)25-12)19-20-9-14-15(5-3-6-16(14)22-19)21-18(24)17-7-4-8-26-17/h4,7-9,12-13,15H,3,5-6,10-11H2,1-2H3,(H,21,24)/t12-,13+,15-/m1/s1. The highest BCUT2D eigenvalue weighted by Crippen LogP contribution is 2.30. The molecule has 0 saturated carbocycles. The molecule has 1 amide bonds. The van der Waals surface area contributed by atoms with Crippen molar-refractivity contribution in [1.29, 1.82) is 0 Å². The first-order valence-corrected chi connectivity index (χ1v) is 10.1. The fourth-order valence-electron chi connectivity index (χ4n) is 3.82. The van der Waals surface area contributed by atoms with Crippen molar-refractivity contribution in [1.82, 2.24) is 15.3 Å². The number of fused-ring (bicyclic) bond motifs is 1. The van der Waals surface area contributed by atoms with Crippen molar-refractivity contribution in [2.75, 3.05) is 18.0 Å². The van der Waals surface area contributed by atoms with E-state index in [9.17, 15) is 4.79 Å². The lowest BCUT2D eigenvalue weighted by Crippen LogP contribution is -2.46. The number of nitrogens with zero attached hydrogens (tertiary/aromatic N) is 3. The van der Waals surface area contributed by atoms with Crippen LogP contribution in [0.1, 0.15) is 53.7 Å². The Labute approximate surface area is 157 Å². The SMILES string of the molecule is C[C@@H]1CN(c2ncc3c(n2)CCC[C@H]3NC(=O)c2cccs2)C[C@H](C)O1. The summed E-state index contributed by atoms with van der Waals surface area (Å²) in [5.74, 6) is 0.758. The van der Waals surface area contributed by atoms with E-state index >= 15 is 0 Å². The zero-order valence-corrected chi connectivity index (χ0v) is 16.0. The predicted molar refractivity (Wildman–Crippen MR) is 102 cm³/mol. The van der Waals surface area contributed by atoms with Crippen LogP contribution in [0.4, 0.5) is 5.95 Å². The Balaban J connectivity index is 1.53. The quantitative estimate of drug-likeness (QED) is 0.897. The highest BCUT2D eigenvalue weighted by Gasteiger charge is 2.28. The molecule has 1 N–H and O–H groups in total. The Bertz CT molecular complexity index is 770. The number of amides is 1. The van der Waals surface area contributed by atoms with E-state index in [4.69, 9.17) is 9.72 Å². The number of morpholine rings is 1. The number of rotatable bonds is 3. The van der Waals surface area contributed by atoms with Gasteiger partial charge in [-0.05, 0) is 44.6 Å². The van der Waals surface area contributed by atoms with Gasteiger partial charge < -0.3 is 15.0 Å². The van der Waals surface area contributed by atoms with E-state index in [1.807, 2.05) is 23.7 Å². The van der Waals surface area contributed by atoms with Crippen LogP contribution in [-0.2, 0) is 11.2 Å². The molecule has 1 aliphatic carbocycles. The minimum atomic E-state index is -0.0160. The van der Waals surface area contributed by atoms with Crippen molar-refractivity contribution in [3.63, 3.8) is 0 Å². The number of carbonyl (C=O) groups is 1. The number of nitrogens with one attached hydrogen (secondary N) is 1. The Kier molecular flexibility index (Phi) is 4.91. The lowest BCUT2D eigenvalue weighted by atomic mass is 9.92. The first-order valence-electron chi connectivity index (χ1n) is 9.20. The average molecular weight is 372 g/mol. The van der Waals surface area contributed by atoms with Crippen LogP contribution in [0, 0.1) is 0 Å². The second-order valence-electron chi connectivity index (χ2n) is 7.13. The molecule has 4 rings (SSSR count). The fourth-order valence-corrected chi connectivity index (χ4v) is 4.44. The van der Waals surface area contributed by atoms with Crippen LogP contribution < -0.4 is 10.2 Å². The lowest BCUT2D eigenvalue weighted by Gasteiger charge is -2.36. The third kappa shape index (κ3) is 3.59. The van der Waals surface area contributed by atoms with Crippen LogP contribution in [0.3, 0.4) is 0 Å². The van der Waals surface area contributed by atoms with Gasteiger partial charge in [-0.25, -0.2) is 9.97 Å². The van der Waals surface area contributed by atoms with Crippen LogP contribution in [0.2, 0.25) is 0 Å². The minimum Gasteiger partial charge on any atom is -0.372 e. The highest BCUT2D eigenvalue weighted by atomic mass is 32.1. The van der Waals surface area contributed by atoms with Crippen molar-refractivity contribution < 1.29 is 9.53 Å². The Morgan fingerprint density at radius 2 is 2.15 bits per heavy atom. The van der Waals surface area contributed by atoms with Crippen LogP contribution in [0.25, 0.3) is 0 Å². The molecule has 138 valence electrons. The number of hydrogen-bond donors (Lipinski definition) is 1. The highest BCUT2D eigenvalue weighted by molar-refractivity contribution is 7.12. The zero-order valence-electron chi connectivity index (χ0n) is 15.1. The second-order valence-corrected chi connectivity index (χ2v) is 8.08. The monoisotopic (exact) mass is 372 g/mol. The Hall–Kier alpha value is -1.99. The van der Waals surface area contributed by atoms with Gasteiger partial charge in [-0.2, -0.15) is 0 Å². The van der Waals surface area contributed by atoms with Crippen LogP contribution >= 0.6 is 11.3 Å². The summed E-state index contributed by atoms with van der Waals surface area (Å²) in [6.45, 7) is 5.78. The van der Waals surface area contributed by atoms with Gasteiger partial charge >= 0.3 is 0 Å². The van der Waals surface area contributed by atoms with Gasteiger partial charge in [0.1, 0.15) is 0 Å². The third-order valence-electron chi connectivity index (χ3n) is 4.92. The van der Waals surface area contributed by atoms with Gasteiger partial charge in [-0.1, -0.05) is 6.07 Å². The van der Waals surface area contributed by atoms with E-state index in [-0.39, 0.29) is 24.2 Å². The summed E-state index contributed by atoms with van der Waals surface area (Å²) >= 11 is 1.46. The first kappa shape index (κ1) is 17.4. The van der Waals surface area contributed by atoms with Crippen LogP contribution in [-0.4, -0.2) is 41.2 Å². The molecule has 26 heavy (non-hydrogen) atoms. The van der Waals surface area contributed by atoms with Gasteiger partial charge in [0.2, 0.25) is 5.95 Å². The number of ether oxygens (including phenoxy) is 1. The van der Waals surface area contributed by atoms with Gasteiger partial charge in [0, 0.05) is 24.8 Å². The van der Waals surface area contributed by atoms with E-state index in [0.717, 1.165) is 54.4 Å². The summed E-state index contributed by atoms with van der Waals surface area (Å²) in [4.78, 5) is 24.8. The summed E-state index contributed by atoms with van der Waals surface area (Å²) in [6, 6.07) is 3.74. The lowest BCUT2D eigenvalue weighted by molar-refractivity contribution is -0.00574. The van der Waals surface area contributed by atoms with Crippen LogP contribution in [0.5, 0.6) is 0 Å². The van der Waals surface area contributed by atoms with Gasteiger partial charge in [0.15, 0.2) is 0 Å². The van der Waals surface area contributed by atoms with Crippen molar-refractivity contribution >= 4 is 23.2 Å². The predicted octanol–water partition coefficient (Wildman–Crippen LogP) is 2.96. The third-order valence-corrected chi connectivity index (χ3v) is 5.79. The topological polar surface area (TPSA) is 67.4 Å². The number of hydrogen-bond acceptors (Lipinski definition) is 6. The largest absolute Gasteiger partial charge is 0.372 e.